The van der Waals surface area contributed by atoms with Crippen molar-refractivity contribution in [3.05, 3.63) is 101 Å². The van der Waals surface area contributed by atoms with E-state index in [1.807, 2.05) is 43.0 Å². The number of esters is 1. The van der Waals surface area contributed by atoms with E-state index < -0.39 is 6.10 Å². The van der Waals surface area contributed by atoms with E-state index in [0.29, 0.717) is 26.2 Å². The summed E-state index contributed by atoms with van der Waals surface area (Å²) in [5, 5.41) is 0. The van der Waals surface area contributed by atoms with Crippen molar-refractivity contribution in [2.75, 3.05) is 19.8 Å². The number of rotatable bonds is 9. The van der Waals surface area contributed by atoms with Crippen molar-refractivity contribution in [2.24, 2.45) is 0 Å². The van der Waals surface area contributed by atoms with Gasteiger partial charge in [-0.15, -0.1) is 11.8 Å². The monoisotopic (exact) mass is 474 g/mol. The predicted molar refractivity (Wildman–Crippen MR) is 137 cm³/mol. The van der Waals surface area contributed by atoms with Gasteiger partial charge in [-0.1, -0.05) is 54.6 Å². The molecule has 34 heavy (non-hydrogen) atoms. The topological polar surface area (TPSA) is 44.8 Å². The number of fused-ring (bicyclic) bond motifs is 2. The Hall–Kier alpha value is -3.02. The van der Waals surface area contributed by atoms with Crippen LogP contribution in [0.1, 0.15) is 36.1 Å². The molecular weight excluding hydrogens is 444 g/mol. The van der Waals surface area contributed by atoms with Crippen molar-refractivity contribution >= 4 is 23.3 Å². The number of ether oxygens (including phenoxy) is 3. The second kappa shape index (κ2) is 11.9. The minimum Gasteiger partial charge on any atom is -0.490 e. The molecule has 0 bridgehead atoms. The average molecular weight is 475 g/mol. The third kappa shape index (κ3) is 5.91. The lowest BCUT2D eigenvalue weighted by molar-refractivity contribution is -0.156. The molecule has 5 heteroatoms. The highest BCUT2D eigenvalue weighted by Crippen LogP contribution is 2.39. The van der Waals surface area contributed by atoms with Crippen LogP contribution in [0.4, 0.5) is 0 Å². The lowest BCUT2D eigenvalue weighted by Gasteiger charge is -2.16. The predicted octanol–water partition coefficient (Wildman–Crippen LogP) is 6.31. The SMILES string of the molecule is CCOC(=O)C(Cc1ccc(OCC=C2c3ccccc3CSc3ccccc32)cc1)OCC. The van der Waals surface area contributed by atoms with E-state index in [1.54, 1.807) is 6.92 Å². The molecule has 1 aliphatic rings. The summed E-state index contributed by atoms with van der Waals surface area (Å²) in [6.45, 7) is 4.95. The molecular formula is C29H30O4S. The molecule has 0 spiro atoms. The summed E-state index contributed by atoms with van der Waals surface area (Å²) in [5.41, 5.74) is 6.06. The van der Waals surface area contributed by atoms with Gasteiger partial charge in [-0.25, -0.2) is 4.79 Å². The van der Waals surface area contributed by atoms with Gasteiger partial charge in [0.2, 0.25) is 0 Å². The molecule has 1 atom stereocenters. The quantitative estimate of drug-likeness (QED) is 0.340. The Morgan fingerprint density at radius 2 is 1.68 bits per heavy atom. The highest BCUT2D eigenvalue weighted by Gasteiger charge is 2.21. The minimum atomic E-state index is -0.588. The summed E-state index contributed by atoms with van der Waals surface area (Å²) in [5.74, 6) is 1.43. The number of carbonyl (C=O) groups is 1. The van der Waals surface area contributed by atoms with Gasteiger partial charge in [0.15, 0.2) is 6.10 Å². The van der Waals surface area contributed by atoms with Crippen LogP contribution in [0.5, 0.6) is 5.75 Å². The second-order valence-electron chi connectivity index (χ2n) is 7.91. The van der Waals surface area contributed by atoms with Gasteiger partial charge in [-0.3, -0.25) is 0 Å². The summed E-state index contributed by atoms with van der Waals surface area (Å²) < 4.78 is 16.8. The number of hydrogen-bond donors (Lipinski definition) is 0. The van der Waals surface area contributed by atoms with Gasteiger partial charge in [0, 0.05) is 23.7 Å². The van der Waals surface area contributed by atoms with Crippen LogP contribution in [-0.4, -0.2) is 31.9 Å². The zero-order valence-electron chi connectivity index (χ0n) is 19.7. The van der Waals surface area contributed by atoms with Crippen molar-refractivity contribution in [3.8, 4) is 5.75 Å². The summed E-state index contributed by atoms with van der Waals surface area (Å²) in [7, 11) is 0. The maximum atomic E-state index is 12.1. The standard InChI is InChI=1S/C29H30O4S/c1-3-31-27(29(30)32-4-2)19-21-13-15-23(16-14-21)33-18-17-25-24-10-6-5-9-22(24)20-34-28-12-8-7-11-26(25)28/h5-17,27H,3-4,18-20H2,1-2H3. The third-order valence-electron chi connectivity index (χ3n) is 5.67. The molecule has 1 unspecified atom stereocenters. The van der Waals surface area contributed by atoms with Gasteiger partial charge in [-0.05, 0) is 65.9 Å². The van der Waals surface area contributed by atoms with Gasteiger partial charge in [0.25, 0.3) is 0 Å². The van der Waals surface area contributed by atoms with E-state index in [2.05, 4.69) is 54.6 Å². The van der Waals surface area contributed by atoms with Gasteiger partial charge in [0.05, 0.1) is 6.61 Å². The van der Waals surface area contributed by atoms with Crippen LogP contribution in [0.2, 0.25) is 0 Å². The fourth-order valence-corrected chi connectivity index (χ4v) is 5.12. The molecule has 0 aliphatic carbocycles. The lowest BCUT2D eigenvalue weighted by Crippen LogP contribution is -2.28. The molecule has 1 heterocycles. The number of benzene rings is 3. The van der Waals surface area contributed by atoms with Crippen LogP contribution in [0.3, 0.4) is 0 Å². The van der Waals surface area contributed by atoms with Crippen molar-refractivity contribution in [1.82, 2.24) is 0 Å². The van der Waals surface area contributed by atoms with E-state index in [0.717, 1.165) is 17.1 Å². The smallest absolute Gasteiger partial charge is 0.335 e. The number of carbonyl (C=O) groups excluding carboxylic acids is 1. The van der Waals surface area contributed by atoms with Crippen LogP contribution in [-0.2, 0) is 26.4 Å². The van der Waals surface area contributed by atoms with E-state index in [4.69, 9.17) is 14.2 Å². The zero-order valence-corrected chi connectivity index (χ0v) is 20.5. The maximum absolute atomic E-state index is 12.1. The van der Waals surface area contributed by atoms with Crippen molar-refractivity contribution in [1.29, 1.82) is 0 Å². The summed E-state index contributed by atoms with van der Waals surface area (Å²) in [6.07, 6.45) is 2.06. The molecule has 0 N–H and O–H groups in total. The van der Waals surface area contributed by atoms with E-state index in [1.165, 1.54) is 27.2 Å². The molecule has 0 aromatic heterocycles. The molecule has 0 radical (unpaired) electrons. The summed E-state index contributed by atoms with van der Waals surface area (Å²) >= 11 is 1.88. The molecule has 0 amide bonds. The normalized spacial score (nSPS) is 14.6. The maximum Gasteiger partial charge on any atom is 0.335 e. The fraction of sp³-hybridized carbons (Fsp3) is 0.276. The zero-order chi connectivity index (χ0) is 23.8. The van der Waals surface area contributed by atoms with Gasteiger partial charge < -0.3 is 14.2 Å². The first kappa shape index (κ1) is 24.1. The molecule has 0 saturated carbocycles. The van der Waals surface area contributed by atoms with Crippen LogP contribution in [0.25, 0.3) is 5.57 Å². The first-order valence-electron chi connectivity index (χ1n) is 11.7. The average Bonchev–Trinajstić information content (AvgIpc) is 3.02. The Morgan fingerprint density at radius 1 is 0.941 bits per heavy atom. The van der Waals surface area contributed by atoms with Crippen molar-refractivity contribution < 1.29 is 19.0 Å². The minimum absolute atomic E-state index is 0.321. The first-order chi connectivity index (χ1) is 16.7. The molecule has 0 fully saturated rings. The molecule has 176 valence electrons. The Labute approximate surface area is 205 Å². The summed E-state index contributed by atoms with van der Waals surface area (Å²) in [6, 6.07) is 25.0. The van der Waals surface area contributed by atoms with E-state index in [9.17, 15) is 4.79 Å². The lowest BCUT2D eigenvalue weighted by atomic mass is 9.94. The van der Waals surface area contributed by atoms with Crippen LogP contribution >= 0.6 is 11.8 Å². The molecule has 3 aromatic rings. The van der Waals surface area contributed by atoms with Crippen molar-refractivity contribution in [2.45, 2.75) is 37.0 Å². The molecule has 3 aromatic carbocycles. The Morgan fingerprint density at radius 3 is 2.44 bits per heavy atom. The second-order valence-corrected chi connectivity index (χ2v) is 8.93. The van der Waals surface area contributed by atoms with E-state index >= 15 is 0 Å². The molecule has 0 saturated heterocycles. The van der Waals surface area contributed by atoms with Crippen molar-refractivity contribution in [3.63, 3.8) is 0 Å². The van der Waals surface area contributed by atoms with E-state index in [-0.39, 0.29) is 5.97 Å². The Bertz CT molecular complexity index is 1090. The molecule has 4 nitrogen and oxygen atoms in total. The van der Waals surface area contributed by atoms with Gasteiger partial charge >= 0.3 is 5.97 Å². The largest absolute Gasteiger partial charge is 0.490 e. The third-order valence-corrected chi connectivity index (χ3v) is 6.79. The van der Waals surface area contributed by atoms with Crippen LogP contribution in [0.15, 0.2) is 83.8 Å². The first-order valence-corrected chi connectivity index (χ1v) is 12.7. The van der Waals surface area contributed by atoms with Crippen LogP contribution < -0.4 is 4.74 Å². The Balaban J connectivity index is 1.46. The molecule has 4 rings (SSSR count). The molecule has 1 aliphatic heterocycles. The number of thioether (sulfide) groups is 1. The summed E-state index contributed by atoms with van der Waals surface area (Å²) in [4.78, 5) is 13.4. The van der Waals surface area contributed by atoms with Gasteiger partial charge in [-0.2, -0.15) is 0 Å². The van der Waals surface area contributed by atoms with Gasteiger partial charge in [0.1, 0.15) is 12.4 Å². The fourth-order valence-electron chi connectivity index (χ4n) is 4.05. The Kier molecular flexibility index (Phi) is 8.45. The van der Waals surface area contributed by atoms with Crippen LogP contribution in [0, 0.1) is 0 Å². The highest BCUT2D eigenvalue weighted by atomic mass is 32.2. The number of hydrogen-bond acceptors (Lipinski definition) is 5. The highest BCUT2D eigenvalue weighted by molar-refractivity contribution is 7.98.